The second kappa shape index (κ2) is 18.5. The highest BCUT2D eigenvalue weighted by atomic mass is 32.2. The molecule has 0 saturated carbocycles. The second-order valence-electron chi connectivity index (χ2n) is 16.1. The van der Waals surface area contributed by atoms with Crippen molar-refractivity contribution in [2.45, 2.75) is 51.3 Å². The Morgan fingerprint density at radius 2 is 1.09 bits per heavy atom. The van der Waals surface area contributed by atoms with E-state index in [1.54, 1.807) is 106 Å². The number of hydrogen-bond donors (Lipinski definition) is 5. The third kappa shape index (κ3) is 9.68. The van der Waals surface area contributed by atoms with Crippen LogP contribution in [-0.4, -0.2) is 38.1 Å². The number of amides is 2. The minimum absolute atomic E-state index is 0.0131. The average Bonchev–Trinajstić information content (AvgIpc) is 3.28. The first-order valence-corrected chi connectivity index (χ1v) is 23.8. The molecule has 2 aliphatic rings. The average molecular weight is 953 g/mol. The van der Waals surface area contributed by atoms with Crippen LogP contribution < -0.4 is 30.8 Å². The number of anilines is 4. The normalized spacial score (nSPS) is 12.0. The molecule has 8 rings (SSSR count). The Labute approximate surface area is 392 Å². The van der Waals surface area contributed by atoms with Gasteiger partial charge in [-0.3, -0.25) is 19.7 Å². The molecule has 0 atom stereocenters. The SMILES string of the molecule is Cc1cc(C)c(NC(=O)Oc2ccccc2)c(C)c1N=c1cc2oc3cc(Nc4c(C)cc(C)c(NC(=O)Oc5ccccc5)c4C)ccc3c(-c3ccccc3S(=O)(=O)O)c-2cc1S(=O)(=O)O. The molecule has 1 aliphatic carbocycles. The lowest BCUT2D eigenvalue weighted by Crippen LogP contribution is -2.19. The van der Waals surface area contributed by atoms with E-state index in [1.165, 1.54) is 24.3 Å². The zero-order valence-corrected chi connectivity index (χ0v) is 39.1. The molecule has 0 saturated heterocycles. The number of carbonyl (C=O) groups excluding carboxylic acids is 2. The number of ether oxygens (including phenoxy) is 2. The number of benzene rings is 7. The molecule has 6 aromatic carbocycles. The molecule has 346 valence electrons. The highest BCUT2D eigenvalue weighted by Crippen LogP contribution is 2.44. The van der Waals surface area contributed by atoms with E-state index in [9.17, 15) is 35.5 Å². The summed E-state index contributed by atoms with van der Waals surface area (Å²) in [6.45, 7) is 10.8. The van der Waals surface area contributed by atoms with E-state index in [0.717, 1.165) is 17.2 Å². The van der Waals surface area contributed by atoms with E-state index in [4.69, 9.17) is 18.9 Å². The minimum atomic E-state index is -5.05. The second-order valence-corrected chi connectivity index (χ2v) is 18.9. The molecule has 15 nitrogen and oxygen atoms in total. The molecule has 5 N–H and O–H groups in total. The van der Waals surface area contributed by atoms with E-state index < -0.39 is 42.2 Å². The van der Waals surface area contributed by atoms with Crippen molar-refractivity contribution in [3.05, 3.63) is 166 Å². The monoisotopic (exact) mass is 952 g/mol. The summed E-state index contributed by atoms with van der Waals surface area (Å²) in [5, 5.41) is 9.13. The number of rotatable bonds is 10. The summed E-state index contributed by atoms with van der Waals surface area (Å²) >= 11 is 0. The fourth-order valence-corrected chi connectivity index (χ4v) is 9.62. The van der Waals surface area contributed by atoms with Gasteiger partial charge in [0.25, 0.3) is 20.2 Å². The van der Waals surface area contributed by atoms with Crippen molar-refractivity contribution >= 4 is 71.8 Å². The smallest absolute Gasteiger partial charge is 0.417 e. The van der Waals surface area contributed by atoms with Crippen LogP contribution in [-0.2, 0) is 20.2 Å². The molecule has 17 heteroatoms. The molecule has 0 spiro atoms. The quantitative estimate of drug-likeness (QED) is 0.0638. The first-order chi connectivity index (χ1) is 32.3. The van der Waals surface area contributed by atoms with Gasteiger partial charge in [-0.1, -0.05) is 66.7 Å². The third-order valence-electron chi connectivity index (χ3n) is 11.3. The van der Waals surface area contributed by atoms with Crippen molar-refractivity contribution in [1.82, 2.24) is 0 Å². The van der Waals surface area contributed by atoms with Gasteiger partial charge in [0, 0.05) is 45.6 Å². The van der Waals surface area contributed by atoms with Crippen LogP contribution in [0.5, 0.6) is 11.5 Å². The van der Waals surface area contributed by atoms with E-state index in [0.29, 0.717) is 61.9 Å². The summed E-state index contributed by atoms with van der Waals surface area (Å²) < 4.78 is 91.1. The van der Waals surface area contributed by atoms with Crippen molar-refractivity contribution in [3.63, 3.8) is 0 Å². The van der Waals surface area contributed by atoms with Crippen LogP contribution in [0.3, 0.4) is 0 Å². The highest BCUT2D eigenvalue weighted by molar-refractivity contribution is 7.86. The van der Waals surface area contributed by atoms with Crippen LogP contribution in [0.4, 0.5) is 38.0 Å². The van der Waals surface area contributed by atoms with Crippen LogP contribution >= 0.6 is 0 Å². The van der Waals surface area contributed by atoms with Crippen LogP contribution in [0.2, 0.25) is 0 Å². The maximum atomic E-state index is 13.3. The topological polar surface area (TPSA) is 223 Å². The van der Waals surface area contributed by atoms with Crippen molar-refractivity contribution in [3.8, 4) is 33.9 Å². The lowest BCUT2D eigenvalue weighted by molar-refractivity contribution is 0.214. The predicted molar refractivity (Wildman–Crippen MR) is 260 cm³/mol. The molecule has 1 aliphatic heterocycles. The lowest BCUT2D eigenvalue weighted by atomic mass is 9.93. The first kappa shape index (κ1) is 46.7. The molecule has 0 aromatic heterocycles. The molecule has 1 heterocycles. The van der Waals surface area contributed by atoms with Gasteiger partial charge in [0.1, 0.15) is 32.6 Å². The number of carbonyl (C=O) groups is 2. The molecule has 0 unspecified atom stereocenters. The van der Waals surface area contributed by atoms with Crippen LogP contribution in [0.15, 0.2) is 147 Å². The summed E-state index contributed by atoms with van der Waals surface area (Å²) in [7, 11) is -9.90. The van der Waals surface area contributed by atoms with Crippen molar-refractivity contribution in [2.75, 3.05) is 16.0 Å². The standard InChI is InChI=1S/C51H44N4O11S2/c1-28-23-30(3)48(54-50(56)64-35-15-9-7-10-16-35)32(5)46(28)52-34-21-22-37-41(25-34)66-42-27-40(44(68(61,62)63)26-39(42)45(37)38-19-13-14-20-43(38)67(58,59)60)53-47-29(2)24-31(4)49(33(47)6)55-51(57)65-36-17-11-8-12-18-36/h7-27,52H,1-6H3,(H,54,56)(H,55,57)(H,58,59,60)(H,61,62,63). The fraction of sp³-hybridized carbons (Fsp3) is 0.118. The zero-order valence-electron chi connectivity index (χ0n) is 37.5. The molecule has 6 aromatic rings. The molecule has 0 radical (unpaired) electrons. The summed E-state index contributed by atoms with van der Waals surface area (Å²) in [5.41, 5.74) is 6.82. The van der Waals surface area contributed by atoms with Gasteiger partial charge in [-0.05, 0) is 123 Å². The number of nitrogens with zero attached hydrogens (tertiary/aromatic N) is 1. The largest absolute Gasteiger partial charge is 0.456 e. The lowest BCUT2D eigenvalue weighted by Gasteiger charge is -2.21. The Balaban J connectivity index is 1.30. The molecular formula is C51H44N4O11S2. The number of nitrogens with one attached hydrogen (secondary N) is 3. The third-order valence-corrected chi connectivity index (χ3v) is 13.1. The Hall–Kier alpha value is -7.83. The van der Waals surface area contributed by atoms with Crippen molar-refractivity contribution in [1.29, 1.82) is 0 Å². The Morgan fingerprint density at radius 3 is 1.68 bits per heavy atom. The van der Waals surface area contributed by atoms with E-state index >= 15 is 0 Å². The Bertz CT molecular complexity index is 3600. The van der Waals surface area contributed by atoms with Gasteiger partial charge < -0.3 is 19.2 Å². The summed E-state index contributed by atoms with van der Waals surface area (Å²) in [6.07, 6.45) is -1.45. The van der Waals surface area contributed by atoms with Gasteiger partial charge in [-0.15, -0.1) is 0 Å². The van der Waals surface area contributed by atoms with Crippen LogP contribution in [0, 0.1) is 41.5 Å². The summed E-state index contributed by atoms with van der Waals surface area (Å²) in [4.78, 5) is 29.7. The maximum Gasteiger partial charge on any atom is 0.417 e. The van der Waals surface area contributed by atoms with Crippen LogP contribution in [0.1, 0.15) is 33.4 Å². The maximum absolute atomic E-state index is 13.3. The van der Waals surface area contributed by atoms with Gasteiger partial charge in [-0.2, -0.15) is 16.8 Å². The Kier molecular flexibility index (Phi) is 12.7. The molecule has 0 fully saturated rings. The van der Waals surface area contributed by atoms with Gasteiger partial charge in [0.2, 0.25) is 0 Å². The number of hydrogen-bond acceptors (Lipinski definition) is 11. The molecule has 68 heavy (non-hydrogen) atoms. The minimum Gasteiger partial charge on any atom is -0.456 e. The summed E-state index contributed by atoms with van der Waals surface area (Å²) in [6, 6.07) is 33.9. The number of aryl methyl sites for hydroxylation is 4. The van der Waals surface area contributed by atoms with Crippen molar-refractivity contribution in [2.24, 2.45) is 4.99 Å². The van der Waals surface area contributed by atoms with Crippen molar-refractivity contribution < 1.29 is 49.4 Å². The van der Waals surface area contributed by atoms with E-state index in [2.05, 4.69) is 16.0 Å². The van der Waals surface area contributed by atoms with Gasteiger partial charge in [-0.25, -0.2) is 14.6 Å². The fourth-order valence-electron chi connectivity index (χ4n) is 8.29. The van der Waals surface area contributed by atoms with E-state index in [-0.39, 0.29) is 39.1 Å². The molecular weight excluding hydrogens is 909 g/mol. The highest BCUT2D eigenvalue weighted by Gasteiger charge is 2.27. The Morgan fingerprint density at radius 1 is 0.559 bits per heavy atom. The zero-order chi connectivity index (χ0) is 48.7. The molecule has 0 bridgehead atoms. The number of fused-ring (bicyclic) bond motifs is 2. The van der Waals surface area contributed by atoms with Crippen LogP contribution in [0.25, 0.3) is 33.4 Å². The summed E-state index contributed by atoms with van der Waals surface area (Å²) in [5.74, 6) is 0.713. The van der Waals surface area contributed by atoms with Gasteiger partial charge in [0.05, 0.1) is 22.4 Å². The predicted octanol–water partition coefficient (Wildman–Crippen LogP) is 11.7. The van der Waals surface area contributed by atoms with Gasteiger partial charge in [0.15, 0.2) is 0 Å². The van der Waals surface area contributed by atoms with Gasteiger partial charge >= 0.3 is 12.2 Å². The molecule has 2 amide bonds. The van der Waals surface area contributed by atoms with E-state index in [1.807, 2.05) is 32.9 Å². The first-order valence-electron chi connectivity index (χ1n) is 21.0. The number of para-hydroxylation sites is 2.